The molecule has 0 aromatic heterocycles. The predicted molar refractivity (Wildman–Crippen MR) is 226 cm³/mol. The van der Waals surface area contributed by atoms with Crippen LogP contribution in [0.1, 0.15) is 142 Å². The number of likely N-dealkylation sites (tertiary alicyclic amines) is 2. The minimum Gasteiger partial charge on any atom is -0.462 e. The summed E-state index contributed by atoms with van der Waals surface area (Å²) < 4.78 is 31.0. The van der Waals surface area contributed by atoms with Crippen LogP contribution in [0.25, 0.3) is 0 Å². The molecule has 0 N–H and O–H groups in total. The van der Waals surface area contributed by atoms with Crippen LogP contribution in [0, 0.1) is 5.92 Å². The number of carbonyl (C=O) groups is 4. The van der Waals surface area contributed by atoms with Crippen LogP contribution in [0.5, 0.6) is 5.75 Å². The van der Waals surface area contributed by atoms with Crippen LogP contribution in [0.3, 0.4) is 0 Å². The summed E-state index contributed by atoms with van der Waals surface area (Å²) in [6.45, 7) is 31.4. The second-order valence-corrected chi connectivity index (χ2v) is 21.3. The first-order valence-corrected chi connectivity index (χ1v) is 21.6. The minimum absolute atomic E-state index is 0.0523. The first-order chi connectivity index (χ1) is 26.0. The van der Waals surface area contributed by atoms with Crippen LogP contribution in [-0.4, -0.2) is 119 Å². The van der Waals surface area contributed by atoms with E-state index in [2.05, 4.69) is 39.6 Å². The number of hydrogen-bond donors (Lipinski definition) is 0. The Kier molecular flexibility index (Phi) is 15.8. The number of hydrogen-bond acceptors (Lipinski definition) is 9. The van der Waals surface area contributed by atoms with Gasteiger partial charge in [0.25, 0.3) is 11.3 Å². The third-order valence-electron chi connectivity index (χ3n) is 11.5. The minimum atomic E-state index is -1.63. The molecular weight excluding hydrogens is 745 g/mol. The Morgan fingerprint density at radius 3 is 1.51 bits per heavy atom. The fraction of sp³-hybridized carbons (Fsp3) is 0.773. The van der Waals surface area contributed by atoms with Crippen molar-refractivity contribution >= 4 is 34.8 Å². The first kappa shape index (κ1) is 48.5. The van der Waals surface area contributed by atoms with Gasteiger partial charge in [-0.25, -0.2) is 0 Å². The highest BCUT2D eigenvalue weighted by Crippen LogP contribution is 2.44. The lowest BCUT2D eigenvalue weighted by atomic mass is 9.72. The van der Waals surface area contributed by atoms with Crippen LogP contribution in [0.2, 0.25) is 0 Å². The molecule has 12 nitrogen and oxygen atoms in total. The number of nitrogens with zero attached hydrogens (tertiary/aromatic N) is 4. The molecule has 0 bridgehead atoms. The lowest BCUT2D eigenvalue weighted by Crippen LogP contribution is -2.64. The van der Waals surface area contributed by atoms with Gasteiger partial charge in [-0.15, -0.1) is 0 Å². The molecule has 0 radical (unpaired) electrons. The molecule has 1 aromatic rings. The fourth-order valence-corrected chi connectivity index (χ4v) is 12.0. The number of para-hydroxylation sites is 1. The van der Waals surface area contributed by atoms with Crippen molar-refractivity contribution < 1.29 is 37.0 Å². The van der Waals surface area contributed by atoms with E-state index in [-0.39, 0.29) is 57.7 Å². The zero-order valence-corrected chi connectivity index (χ0v) is 38.6. The Morgan fingerprint density at radius 2 is 1.12 bits per heavy atom. The van der Waals surface area contributed by atoms with E-state index in [9.17, 15) is 23.4 Å². The zero-order valence-electron chi connectivity index (χ0n) is 37.8. The van der Waals surface area contributed by atoms with Crippen LogP contribution < -0.4 is 4.18 Å². The normalized spacial score (nSPS) is 24.8. The number of ketones is 1. The maximum absolute atomic E-state index is 12.9. The van der Waals surface area contributed by atoms with Crippen molar-refractivity contribution in [3.8, 4) is 5.75 Å². The van der Waals surface area contributed by atoms with Crippen molar-refractivity contribution in [2.45, 2.75) is 181 Å². The van der Waals surface area contributed by atoms with Gasteiger partial charge in [0.1, 0.15) is 17.6 Å². The maximum Gasteiger partial charge on any atom is 0.306 e. The van der Waals surface area contributed by atoms with E-state index >= 15 is 0 Å². The highest BCUT2D eigenvalue weighted by atomic mass is 32.2. The SMILES string of the molecule is CC(=O)N1C(C)(C)CC(CC(=O)OC2CC(C)(C)N(C(C)=O)C(C)(C)C2)CC1(C)C.CC1(C)CC(=O)CC(C)(C)N1S(=O)Oc1ccccc1.CN1CCOCC1. The van der Waals surface area contributed by atoms with Crippen LogP contribution in [-0.2, 0) is 39.9 Å². The van der Waals surface area contributed by atoms with Gasteiger partial charge in [-0.2, -0.15) is 8.51 Å². The van der Waals surface area contributed by atoms with Crippen LogP contribution >= 0.6 is 0 Å². The summed E-state index contributed by atoms with van der Waals surface area (Å²) in [6.07, 6.45) is 3.79. The lowest BCUT2D eigenvalue weighted by molar-refractivity contribution is -0.168. The van der Waals surface area contributed by atoms with Gasteiger partial charge in [-0.3, -0.25) is 19.2 Å². The molecule has 0 spiro atoms. The number of morpholine rings is 1. The van der Waals surface area contributed by atoms with Gasteiger partial charge >= 0.3 is 5.97 Å². The molecule has 1 aromatic carbocycles. The van der Waals surface area contributed by atoms with Gasteiger partial charge in [-0.1, -0.05) is 18.2 Å². The van der Waals surface area contributed by atoms with E-state index in [0.29, 0.717) is 37.9 Å². The molecule has 5 rings (SSSR count). The lowest BCUT2D eigenvalue weighted by Gasteiger charge is -2.55. The van der Waals surface area contributed by atoms with Crippen molar-refractivity contribution in [2.75, 3.05) is 33.4 Å². The number of benzene rings is 1. The van der Waals surface area contributed by atoms with Gasteiger partial charge in [0.15, 0.2) is 0 Å². The first-order valence-electron chi connectivity index (χ1n) is 20.6. The van der Waals surface area contributed by atoms with E-state index in [1.807, 2.05) is 83.4 Å². The van der Waals surface area contributed by atoms with E-state index in [0.717, 1.165) is 39.1 Å². The average molecular weight is 819 g/mol. The summed E-state index contributed by atoms with van der Waals surface area (Å²) in [4.78, 5) is 55.3. The third-order valence-corrected chi connectivity index (χ3v) is 13.1. The van der Waals surface area contributed by atoms with E-state index in [1.54, 1.807) is 30.3 Å². The molecule has 0 saturated carbocycles. The molecule has 13 heteroatoms. The molecule has 0 aliphatic carbocycles. The summed E-state index contributed by atoms with van der Waals surface area (Å²) in [5, 5.41) is 0. The molecule has 4 saturated heterocycles. The van der Waals surface area contributed by atoms with Gasteiger partial charge in [0, 0.05) is 92.3 Å². The van der Waals surface area contributed by atoms with Crippen LogP contribution in [0.4, 0.5) is 0 Å². The molecule has 4 aliphatic rings. The average Bonchev–Trinajstić information content (AvgIpc) is 2.97. The number of carbonyl (C=O) groups excluding carboxylic acids is 4. The second kappa shape index (κ2) is 18.6. The Labute approximate surface area is 346 Å². The third kappa shape index (κ3) is 13.1. The summed E-state index contributed by atoms with van der Waals surface area (Å²) in [5.74, 6) is 0.902. The standard InChI is InChI=1S/C24H42N2O4.C15H21NO3S.C5H11NO/c1-16(27)25-21(3,4)12-18(13-22(25,5)6)11-20(29)30-19-14-23(7,8)26(17(2)28)24(9,10)15-19;1-14(2)10-12(17)11-15(3,4)16(14)20(18)19-13-8-6-5-7-9-13;1-6-2-4-7-5-3-6/h18-19H,11-15H2,1-10H3;5-9H,10-11H2,1-4H3;2-5H2,1H3. The highest BCUT2D eigenvalue weighted by molar-refractivity contribution is 7.78. The summed E-state index contributed by atoms with van der Waals surface area (Å²) in [5.41, 5.74) is -2.30. The maximum atomic E-state index is 12.9. The van der Waals surface area contributed by atoms with Gasteiger partial charge in [0.05, 0.1) is 13.2 Å². The molecule has 2 amide bonds. The summed E-state index contributed by atoms with van der Waals surface area (Å²) >= 11 is -1.63. The van der Waals surface area contributed by atoms with Gasteiger partial charge in [0.2, 0.25) is 11.8 Å². The smallest absolute Gasteiger partial charge is 0.306 e. The molecule has 4 aliphatic heterocycles. The second-order valence-electron chi connectivity index (χ2n) is 20.3. The Hall–Kier alpha value is -2.87. The summed E-state index contributed by atoms with van der Waals surface area (Å²) in [6, 6.07) is 9.09. The van der Waals surface area contributed by atoms with E-state index < -0.39 is 22.3 Å². The monoisotopic (exact) mass is 819 g/mol. The fourth-order valence-electron chi connectivity index (χ4n) is 10.7. The van der Waals surface area contributed by atoms with Crippen molar-refractivity contribution in [2.24, 2.45) is 5.92 Å². The molecular formula is C44H74N4O8S. The van der Waals surface area contributed by atoms with E-state index in [1.165, 1.54) is 0 Å². The number of likely N-dealkylation sites (N-methyl/N-ethyl adjacent to an activating group) is 1. The molecule has 324 valence electrons. The highest BCUT2D eigenvalue weighted by Gasteiger charge is 2.51. The van der Waals surface area contributed by atoms with Gasteiger partial charge < -0.3 is 28.4 Å². The largest absolute Gasteiger partial charge is 0.462 e. The number of Topliss-reactive ketones (excluding diaryl/α,β-unsaturated/α-hetero) is 1. The number of esters is 1. The predicted octanol–water partition coefficient (Wildman–Crippen LogP) is 7.12. The molecule has 4 fully saturated rings. The Balaban J connectivity index is 0.000000274. The number of ether oxygens (including phenoxy) is 2. The summed E-state index contributed by atoms with van der Waals surface area (Å²) in [7, 11) is 2.11. The van der Waals surface area contributed by atoms with Crippen molar-refractivity contribution in [1.29, 1.82) is 0 Å². The Morgan fingerprint density at radius 1 is 0.702 bits per heavy atom. The van der Waals surface area contributed by atoms with E-state index in [4.69, 9.17) is 13.7 Å². The quantitative estimate of drug-likeness (QED) is 0.276. The zero-order chi connectivity index (χ0) is 43.4. The number of rotatable bonds is 6. The number of piperidine rings is 3. The van der Waals surface area contributed by atoms with Crippen molar-refractivity contribution in [3.05, 3.63) is 30.3 Å². The Bertz CT molecular complexity index is 1470. The molecule has 1 unspecified atom stereocenters. The number of amides is 2. The van der Waals surface area contributed by atoms with Gasteiger partial charge in [-0.05, 0) is 121 Å². The van der Waals surface area contributed by atoms with Crippen LogP contribution in [0.15, 0.2) is 30.3 Å². The topological polar surface area (TPSA) is 126 Å². The molecule has 4 heterocycles. The molecule has 57 heavy (non-hydrogen) atoms. The van der Waals surface area contributed by atoms with Crippen molar-refractivity contribution in [3.63, 3.8) is 0 Å². The molecule has 1 atom stereocenters. The van der Waals surface area contributed by atoms with Crippen molar-refractivity contribution in [1.82, 2.24) is 19.0 Å².